The van der Waals surface area contributed by atoms with Gasteiger partial charge in [0.2, 0.25) is 0 Å². The molecule has 0 saturated carbocycles. The minimum absolute atomic E-state index is 0.171. The van der Waals surface area contributed by atoms with E-state index in [-0.39, 0.29) is 6.61 Å². The van der Waals surface area contributed by atoms with Gasteiger partial charge < -0.3 is 4.84 Å². The summed E-state index contributed by atoms with van der Waals surface area (Å²) in [5, 5.41) is 2.89. The van der Waals surface area contributed by atoms with Gasteiger partial charge in [-0.15, -0.1) is 4.91 Å². The molecular formula is C7H6ClNO2. The molecule has 1 rings (SSSR count). The third-order valence-corrected chi connectivity index (χ3v) is 1.41. The first-order chi connectivity index (χ1) is 5.33. The molecule has 0 aliphatic rings. The molecular weight excluding hydrogens is 166 g/mol. The molecule has 0 fully saturated rings. The summed E-state index contributed by atoms with van der Waals surface area (Å²) in [6.07, 6.45) is 0. The number of hydrogen-bond acceptors (Lipinski definition) is 3. The normalized spacial score (nSPS) is 9.18. The maximum atomic E-state index is 9.56. The van der Waals surface area contributed by atoms with Gasteiger partial charge >= 0.3 is 0 Å². The van der Waals surface area contributed by atoms with Gasteiger partial charge in [0.25, 0.3) is 0 Å². The maximum Gasteiger partial charge on any atom is 0.155 e. The van der Waals surface area contributed by atoms with E-state index in [0.29, 0.717) is 5.02 Å². The highest BCUT2D eigenvalue weighted by Crippen LogP contribution is 2.11. The van der Waals surface area contributed by atoms with Crippen LogP contribution < -0.4 is 0 Å². The highest BCUT2D eigenvalue weighted by atomic mass is 35.5. The van der Waals surface area contributed by atoms with E-state index in [1.807, 2.05) is 0 Å². The Balaban J connectivity index is 2.63. The Kier molecular flexibility index (Phi) is 2.86. The summed E-state index contributed by atoms with van der Waals surface area (Å²) in [4.78, 5) is 13.8. The number of hydrogen-bond donors (Lipinski definition) is 0. The van der Waals surface area contributed by atoms with Crippen LogP contribution in [-0.2, 0) is 11.4 Å². The molecule has 1 aromatic rings. The van der Waals surface area contributed by atoms with Crippen LogP contribution >= 0.6 is 11.6 Å². The largest absolute Gasteiger partial charge is 0.359 e. The number of benzene rings is 1. The molecule has 0 aliphatic carbocycles. The summed E-state index contributed by atoms with van der Waals surface area (Å²) in [6, 6.07) is 7.05. The van der Waals surface area contributed by atoms with Crippen molar-refractivity contribution >= 4 is 11.6 Å². The van der Waals surface area contributed by atoms with Crippen LogP contribution in [0.4, 0.5) is 0 Å². The molecule has 58 valence electrons. The summed E-state index contributed by atoms with van der Waals surface area (Å²) >= 11 is 5.66. The predicted octanol–water partition coefficient (Wildman–Crippen LogP) is 2.54. The molecule has 0 aromatic heterocycles. The van der Waals surface area contributed by atoms with Crippen molar-refractivity contribution in [2.24, 2.45) is 5.34 Å². The van der Waals surface area contributed by atoms with Crippen LogP contribution in [0.15, 0.2) is 29.6 Å². The Morgan fingerprint density at radius 3 is 3.00 bits per heavy atom. The minimum atomic E-state index is 0.171. The quantitative estimate of drug-likeness (QED) is 0.518. The van der Waals surface area contributed by atoms with Gasteiger partial charge in [0.1, 0.15) is 6.61 Å². The van der Waals surface area contributed by atoms with Gasteiger partial charge in [0, 0.05) is 5.02 Å². The van der Waals surface area contributed by atoms with Crippen LogP contribution in [0, 0.1) is 4.91 Å². The second-order valence-electron chi connectivity index (χ2n) is 1.98. The van der Waals surface area contributed by atoms with E-state index in [1.54, 1.807) is 24.3 Å². The summed E-state index contributed by atoms with van der Waals surface area (Å²) in [5.74, 6) is 0. The highest BCUT2D eigenvalue weighted by molar-refractivity contribution is 6.30. The zero-order valence-corrected chi connectivity index (χ0v) is 6.41. The van der Waals surface area contributed by atoms with Crippen molar-refractivity contribution in [2.75, 3.05) is 0 Å². The molecule has 0 N–H and O–H groups in total. The molecule has 0 radical (unpaired) electrons. The van der Waals surface area contributed by atoms with Gasteiger partial charge in [-0.05, 0) is 17.7 Å². The van der Waals surface area contributed by atoms with E-state index in [4.69, 9.17) is 11.6 Å². The van der Waals surface area contributed by atoms with E-state index in [9.17, 15) is 4.91 Å². The van der Waals surface area contributed by atoms with Gasteiger partial charge in [0.15, 0.2) is 5.34 Å². The lowest BCUT2D eigenvalue weighted by Crippen LogP contribution is -1.84. The standard InChI is InChI=1S/C7H6ClNO2/c8-7-3-1-2-6(4-7)5-11-9-10/h1-4H,5H2. The third-order valence-electron chi connectivity index (χ3n) is 1.17. The fourth-order valence-electron chi connectivity index (χ4n) is 0.728. The molecule has 0 unspecified atom stereocenters. The van der Waals surface area contributed by atoms with Crippen LogP contribution in [-0.4, -0.2) is 0 Å². The van der Waals surface area contributed by atoms with E-state index in [2.05, 4.69) is 10.2 Å². The monoisotopic (exact) mass is 171 g/mol. The Morgan fingerprint density at radius 1 is 1.55 bits per heavy atom. The van der Waals surface area contributed by atoms with Crippen molar-refractivity contribution in [3.05, 3.63) is 39.8 Å². The zero-order chi connectivity index (χ0) is 8.10. The van der Waals surface area contributed by atoms with Crippen LogP contribution in [0.1, 0.15) is 5.56 Å². The molecule has 3 nitrogen and oxygen atoms in total. The Labute approximate surface area is 68.9 Å². The second kappa shape index (κ2) is 3.93. The summed E-state index contributed by atoms with van der Waals surface area (Å²) in [5.41, 5.74) is 0.831. The fraction of sp³-hybridized carbons (Fsp3) is 0.143. The Hall–Kier alpha value is -1.09. The molecule has 0 atom stereocenters. The molecule has 0 amide bonds. The first-order valence-electron chi connectivity index (χ1n) is 3.02. The van der Waals surface area contributed by atoms with Crippen LogP contribution in [0.25, 0.3) is 0 Å². The molecule has 1 aromatic carbocycles. The van der Waals surface area contributed by atoms with Gasteiger partial charge in [-0.3, -0.25) is 0 Å². The van der Waals surface area contributed by atoms with Gasteiger partial charge in [-0.1, -0.05) is 23.7 Å². The minimum Gasteiger partial charge on any atom is -0.359 e. The molecule has 0 spiro atoms. The summed E-state index contributed by atoms with van der Waals surface area (Å²) < 4.78 is 0. The maximum absolute atomic E-state index is 9.56. The van der Waals surface area contributed by atoms with E-state index >= 15 is 0 Å². The van der Waals surface area contributed by atoms with E-state index in [0.717, 1.165) is 5.56 Å². The van der Waals surface area contributed by atoms with Crippen molar-refractivity contribution < 1.29 is 4.84 Å². The average molecular weight is 172 g/mol. The second-order valence-corrected chi connectivity index (χ2v) is 2.41. The molecule has 0 saturated heterocycles. The van der Waals surface area contributed by atoms with Crippen molar-refractivity contribution in [1.29, 1.82) is 0 Å². The molecule has 0 bridgehead atoms. The fourth-order valence-corrected chi connectivity index (χ4v) is 0.941. The zero-order valence-electron chi connectivity index (χ0n) is 5.66. The Bertz CT molecular complexity index is 252. The number of nitrogens with zero attached hydrogens (tertiary/aromatic N) is 1. The highest BCUT2D eigenvalue weighted by Gasteiger charge is 1.93. The van der Waals surface area contributed by atoms with Gasteiger partial charge in [-0.2, -0.15) is 0 Å². The van der Waals surface area contributed by atoms with Crippen molar-refractivity contribution in [3.63, 3.8) is 0 Å². The lowest BCUT2D eigenvalue weighted by Gasteiger charge is -1.96. The summed E-state index contributed by atoms with van der Waals surface area (Å²) in [6.45, 7) is 0.171. The van der Waals surface area contributed by atoms with Crippen LogP contribution in [0.2, 0.25) is 5.02 Å². The van der Waals surface area contributed by atoms with E-state index < -0.39 is 0 Å². The first-order valence-corrected chi connectivity index (χ1v) is 3.40. The molecule has 0 heterocycles. The van der Waals surface area contributed by atoms with E-state index in [1.165, 1.54) is 0 Å². The first kappa shape index (κ1) is 8.01. The Morgan fingerprint density at radius 2 is 2.36 bits per heavy atom. The van der Waals surface area contributed by atoms with Gasteiger partial charge in [-0.25, -0.2) is 0 Å². The van der Waals surface area contributed by atoms with Crippen molar-refractivity contribution in [2.45, 2.75) is 6.61 Å². The predicted molar refractivity (Wildman–Crippen MR) is 42.0 cm³/mol. The van der Waals surface area contributed by atoms with Gasteiger partial charge in [0.05, 0.1) is 0 Å². The summed E-state index contributed by atoms with van der Waals surface area (Å²) in [7, 11) is 0. The smallest absolute Gasteiger partial charge is 0.155 e. The topological polar surface area (TPSA) is 38.7 Å². The lowest BCUT2D eigenvalue weighted by molar-refractivity contribution is 0.126. The van der Waals surface area contributed by atoms with Crippen molar-refractivity contribution in [3.8, 4) is 0 Å². The molecule has 0 aliphatic heterocycles. The van der Waals surface area contributed by atoms with Crippen molar-refractivity contribution in [1.82, 2.24) is 0 Å². The average Bonchev–Trinajstić information content (AvgIpc) is 2.01. The lowest BCUT2D eigenvalue weighted by atomic mass is 10.2. The molecule has 11 heavy (non-hydrogen) atoms. The SMILES string of the molecule is O=NOCc1cccc(Cl)c1. The number of rotatable bonds is 3. The number of halogens is 1. The molecule has 4 heteroatoms. The van der Waals surface area contributed by atoms with Crippen LogP contribution in [0.5, 0.6) is 0 Å². The third kappa shape index (κ3) is 2.55. The van der Waals surface area contributed by atoms with Crippen LogP contribution in [0.3, 0.4) is 0 Å².